The molecule has 0 aliphatic carbocycles. The fourth-order valence-corrected chi connectivity index (χ4v) is 2.45. The zero-order valence-corrected chi connectivity index (χ0v) is 10.5. The molecule has 0 aliphatic heterocycles. The number of ether oxygens (including phenoxy) is 1. The summed E-state index contributed by atoms with van der Waals surface area (Å²) in [6.07, 6.45) is 3.85. The van der Waals surface area contributed by atoms with Crippen LogP contribution in [0, 0.1) is 0 Å². The minimum Gasteiger partial charge on any atom is -0.480 e. The summed E-state index contributed by atoms with van der Waals surface area (Å²) in [5.41, 5.74) is 0.943. The molecular weight excluding hydrogens is 236 g/mol. The molecule has 4 nitrogen and oxygen atoms in total. The number of carbonyl (C=O) groups is 1. The highest BCUT2D eigenvalue weighted by atomic mass is 32.1. The first-order chi connectivity index (χ1) is 8.26. The lowest BCUT2D eigenvalue weighted by Gasteiger charge is -1.95. The maximum Gasteiger partial charge on any atom is 0.236 e. The Balaban J connectivity index is 2.45. The number of thiazole rings is 1. The third-order valence-corrected chi connectivity index (χ3v) is 3.42. The van der Waals surface area contributed by atoms with E-state index in [2.05, 4.69) is 9.97 Å². The highest BCUT2D eigenvalue weighted by Crippen LogP contribution is 2.32. The number of hydrogen-bond acceptors (Lipinski definition) is 5. The van der Waals surface area contributed by atoms with Gasteiger partial charge >= 0.3 is 0 Å². The first kappa shape index (κ1) is 11.7. The zero-order chi connectivity index (χ0) is 12.3. The van der Waals surface area contributed by atoms with Crippen LogP contribution in [0.2, 0.25) is 0 Å². The molecule has 2 rings (SSSR count). The average Bonchev–Trinajstić information content (AvgIpc) is 2.83. The van der Waals surface area contributed by atoms with Gasteiger partial charge in [-0.1, -0.05) is 6.92 Å². The van der Waals surface area contributed by atoms with Crippen LogP contribution in [0.1, 0.15) is 23.0 Å². The summed E-state index contributed by atoms with van der Waals surface area (Å²) in [5.74, 6) is 0.466. The van der Waals surface area contributed by atoms with E-state index in [1.807, 2.05) is 19.1 Å². The first-order valence-electron chi connectivity index (χ1n) is 5.24. The van der Waals surface area contributed by atoms with Crippen molar-refractivity contribution >= 4 is 17.1 Å². The van der Waals surface area contributed by atoms with Gasteiger partial charge in [-0.25, -0.2) is 4.98 Å². The van der Waals surface area contributed by atoms with Crippen molar-refractivity contribution in [2.75, 3.05) is 7.11 Å². The Kier molecular flexibility index (Phi) is 3.49. The van der Waals surface area contributed by atoms with Crippen molar-refractivity contribution < 1.29 is 9.53 Å². The van der Waals surface area contributed by atoms with E-state index in [-0.39, 0.29) is 5.78 Å². The monoisotopic (exact) mass is 248 g/mol. The van der Waals surface area contributed by atoms with E-state index in [1.54, 1.807) is 12.4 Å². The number of Topliss-reactive ketones (excluding diaryl/α,β-unsaturated/α-hetero) is 1. The molecule has 0 atom stereocenters. The van der Waals surface area contributed by atoms with Crippen LogP contribution in [0.3, 0.4) is 0 Å². The molecule has 0 saturated carbocycles. The first-order valence-corrected chi connectivity index (χ1v) is 6.06. The highest BCUT2D eigenvalue weighted by Gasteiger charge is 2.18. The van der Waals surface area contributed by atoms with Gasteiger partial charge in [-0.3, -0.25) is 9.78 Å². The lowest BCUT2D eigenvalue weighted by Crippen LogP contribution is -1.96. The smallest absolute Gasteiger partial charge is 0.236 e. The van der Waals surface area contributed by atoms with E-state index in [4.69, 9.17) is 4.74 Å². The van der Waals surface area contributed by atoms with E-state index < -0.39 is 0 Å². The Morgan fingerprint density at radius 1 is 1.41 bits per heavy atom. The van der Waals surface area contributed by atoms with Gasteiger partial charge in [-0.05, 0) is 12.1 Å². The van der Waals surface area contributed by atoms with Crippen LogP contribution in [-0.4, -0.2) is 22.9 Å². The van der Waals surface area contributed by atoms with Gasteiger partial charge in [0.1, 0.15) is 9.88 Å². The zero-order valence-electron chi connectivity index (χ0n) is 9.64. The van der Waals surface area contributed by atoms with Crippen molar-refractivity contribution in [3.8, 4) is 16.5 Å². The summed E-state index contributed by atoms with van der Waals surface area (Å²) in [7, 11) is 1.53. The van der Waals surface area contributed by atoms with Crippen molar-refractivity contribution in [3.05, 3.63) is 29.4 Å². The predicted molar refractivity (Wildman–Crippen MR) is 66.5 cm³/mol. The predicted octanol–water partition coefficient (Wildman–Crippen LogP) is 2.81. The topological polar surface area (TPSA) is 52.1 Å². The Morgan fingerprint density at radius 3 is 2.71 bits per heavy atom. The van der Waals surface area contributed by atoms with Gasteiger partial charge in [0.15, 0.2) is 5.78 Å². The molecule has 0 bridgehead atoms. The van der Waals surface area contributed by atoms with Gasteiger partial charge in [0.05, 0.1) is 7.11 Å². The lowest BCUT2D eigenvalue weighted by atomic mass is 10.3. The summed E-state index contributed by atoms with van der Waals surface area (Å²) in [6.45, 7) is 1.83. The van der Waals surface area contributed by atoms with Crippen LogP contribution in [-0.2, 0) is 0 Å². The van der Waals surface area contributed by atoms with Gasteiger partial charge in [0.25, 0.3) is 0 Å². The van der Waals surface area contributed by atoms with Gasteiger partial charge in [0, 0.05) is 24.4 Å². The van der Waals surface area contributed by atoms with Crippen molar-refractivity contribution in [1.29, 1.82) is 0 Å². The molecule has 88 valence electrons. The quantitative estimate of drug-likeness (QED) is 0.781. The maximum atomic E-state index is 11.7. The number of hydrogen-bond donors (Lipinski definition) is 0. The van der Waals surface area contributed by atoms with Crippen LogP contribution in [0.15, 0.2) is 24.5 Å². The Hall–Kier alpha value is -1.75. The van der Waals surface area contributed by atoms with Gasteiger partial charge in [0.2, 0.25) is 5.88 Å². The second kappa shape index (κ2) is 5.05. The Bertz CT molecular complexity index is 523. The van der Waals surface area contributed by atoms with Crippen LogP contribution in [0.25, 0.3) is 10.6 Å². The fourth-order valence-electron chi connectivity index (χ4n) is 1.40. The average molecular weight is 248 g/mol. The third-order valence-electron chi connectivity index (χ3n) is 2.29. The number of ketones is 1. The van der Waals surface area contributed by atoms with Crippen LogP contribution in [0.5, 0.6) is 5.88 Å². The molecular formula is C12H12N2O2S. The molecule has 0 unspecified atom stereocenters. The normalized spacial score (nSPS) is 10.2. The molecule has 0 amide bonds. The second-order valence-corrected chi connectivity index (χ2v) is 4.37. The molecule has 0 saturated heterocycles. The Morgan fingerprint density at radius 2 is 2.12 bits per heavy atom. The van der Waals surface area contributed by atoms with Crippen molar-refractivity contribution in [2.45, 2.75) is 13.3 Å². The standard InChI is InChI=1S/C12H12N2O2S/c1-3-9(15)10-11(16-2)14-12(17-10)8-4-6-13-7-5-8/h4-7H,3H2,1-2H3. The summed E-state index contributed by atoms with van der Waals surface area (Å²) in [4.78, 5) is 20.6. The highest BCUT2D eigenvalue weighted by molar-refractivity contribution is 7.17. The minimum atomic E-state index is 0.0552. The number of carbonyl (C=O) groups excluding carboxylic acids is 1. The largest absolute Gasteiger partial charge is 0.480 e. The molecule has 0 N–H and O–H groups in total. The molecule has 5 heteroatoms. The third kappa shape index (κ3) is 2.34. The molecule has 0 fully saturated rings. The molecule has 17 heavy (non-hydrogen) atoms. The lowest BCUT2D eigenvalue weighted by molar-refractivity contribution is 0.0989. The number of aromatic nitrogens is 2. The summed E-state index contributed by atoms with van der Waals surface area (Å²) in [5, 5.41) is 0.779. The van der Waals surface area contributed by atoms with Crippen molar-refractivity contribution in [3.63, 3.8) is 0 Å². The van der Waals surface area contributed by atoms with Gasteiger partial charge < -0.3 is 4.74 Å². The van der Waals surface area contributed by atoms with Crippen molar-refractivity contribution in [2.24, 2.45) is 0 Å². The van der Waals surface area contributed by atoms with E-state index >= 15 is 0 Å². The summed E-state index contributed by atoms with van der Waals surface area (Å²) in [6, 6.07) is 3.72. The molecule has 0 spiro atoms. The number of methoxy groups -OCH3 is 1. The minimum absolute atomic E-state index is 0.0552. The van der Waals surface area contributed by atoms with Crippen LogP contribution < -0.4 is 4.74 Å². The SMILES string of the molecule is CCC(=O)c1sc(-c2ccncc2)nc1OC. The molecule has 0 aromatic carbocycles. The van der Waals surface area contributed by atoms with E-state index in [0.717, 1.165) is 10.6 Å². The number of pyridine rings is 1. The fraction of sp³-hybridized carbons (Fsp3) is 0.250. The number of rotatable bonds is 4. The van der Waals surface area contributed by atoms with E-state index in [9.17, 15) is 4.79 Å². The maximum absolute atomic E-state index is 11.7. The van der Waals surface area contributed by atoms with Crippen LogP contribution >= 0.6 is 11.3 Å². The summed E-state index contributed by atoms with van der Waals surface area (Å²) < 4.78 is 5.13. The van der Waals surface area contributed by atoms with Gasteiger partial charge in [-0.15, -0.1) is 11.3 Å². The molecule has 0 radical (unpaired) electrons. The van der Waals surface area contributed by atoms with Crippen molar-refractivity contribution in [1.82, 2.24) is 9.97 Å². The molecule has 2 aromatic heterocycles. The Labute approximate surface area is 103 Å². The summed E-state index contributed by atoms with van der Waals surface area (Å²) >= 11 is 1.36. The van der Waals surface area contributed by atoms with Gasteiger partial charge in [-0.2, -0.15) is 0 Å². The van der Waals surface area contributed by atoms with Crippen LogP contribution in [0.4, 0.5) is 0 Å². The molecule has 0 aliphatic rings. The van der Waals surface area contributed by atoms with E-state index in [1.165, 1.54) is 18.4 Å². The second-order valence-electron chi connectivity index (χ2n) is 3.37. The molecule has 2 heterocycles. The molecule has 2 aromatic rings. The number of nitrogens with zero attached hydrogens (tertiary/aromatic N) is 2. The van der Waals surface area contributed by atoms with E-state index in [0.29, 0.717) is 17.2 Å².